The Morgan fingerprint density at radius 2 is 1.44 bits per heavy atom. The van der Waals surface area contributed by atoms with Gasteiger partial charge in [0.2, 0.25) is 0 Å². The van der Waals surface area contributed by atoms with E-state index in [0.29, 0.717) is 11.5 Å². The van der Waals surface area contributed by atoms with Gasteiger partial charge in [0.25, 0.3) is 0 Å². The maximum Gasteiger partial charge on any atom is 0.417 e. The van der Waals surface area contributed by atoms with Gasteiger partial charge in [-0.25, -0.2) is 3.63 Å². The van der Waals surface area contributed by atoms with Crippen molar-refractivity contribution in [2.45, 2.75) is 28.8 Å². The summed E-state index contributed by atoms with van der Waals surface area (Å²) in [6.45, 7) is 0. The zero-order chi connectivity index (χ0) is 18.1. The van der Waals surface area contributed by atoms with Crippen LogP contribution in [0.1, 0.15) is 18.4 Å². The van der Waals surface area contributed by atoms with Crippen LogP contribution in [0.2, 0.25) is 0 Å². The molecule has 0 unspecified atom stereocenters. The van der Waals surface area contributed by atoms with Crippen LogP contribution in [-0.4, -0.2) is 19.9 Å². The van der Waals surface area contributed by atoms with Crippen molar-refractivity contribution in [1.29, 1.82) is 0 Å². The van der Waals surface area contributed by atoms with E-state index in [9.17, 15) is 21.6 Å². The van der Waals surface area contributed by atoms with Crippen molar-refractivity contribution < 1.29 is 25.2 Å². The van der Waals surface area contributed by atoms with E-state index in [-0.39, 0.29) is 0 Å². The number of alkyl halides is 3. The summed E-state index contributed by atoms with van der Waals surface area (Å²) >= 11 is 0. The van der Waals surface area contributed by atoms with Crippen molar-refractivity contribution >= 4 is 20.4 Å². The summed E-state index contributed by atoms with van der Waals surface area (Å²) in [6, 6.07) is 13.1. The summed E-state index contributed by atoms with van der Waals surface area (Å²) in [5.41, 5.74) is -1.20. The van der Waals surface area contributed by atoms with Crippen LogP contribution in [0.15, 0.2) is 64.4 Å². The van der Waals surface area contributed by atoms with Gasteiger partial charge in [-0.3, -0.25) is 0 Å². The van der Waals surface area contributed by atoms with Gasteiger partial charge in [-0.2, -0.15) is 21.6 Å². The predicted octanol–water partition coefficient (Wildman–Crippen LogP) is 4.98. The molecule has 136 valence electrons. The van der Waals surface area contributed by atoms with E-state index in [1.807, 2.05) is 0 Å². The Hall–Kier alpha value is -1.51. The average Bonchev–Trinajstić information content (AvgIpc) is 3.04. The fraction of sp³-hybridized carbons (Fsp3) is 0.294. The van der Waals surface area contributed by atoms with E-state index < -0.39 is 37.1 Å². The Morgan fingerprint density at radius 3 is 2.04 bits per heavy atom. The molecule has 0 amide bonds. The molecule has 0 radical (unpaired) electrons. The summed E-state index contributed by atoms with van der Waals surface area (Å²) in [5, 5.41) is 0. The van der Waals surface area contributed by atoms with E-state index in [2.05, 4.69) is 0 Å². The largest absolute Gasteiger partial charge is 0.417 e. The molecule has 25 heavy (non-hydrogen) atoms. The monoisotopic (exact) mass is 390 g/mol. The first-order valence-electron chi connectivity index (χ1n) is 7.71. The Balaban J connectivity index is 2.04. The SMILES string of the molecule is O=S(=O)(OS1(c2ccccc2)CCCC1)c1ccccc1C(F)(F)F. The normalized spacial score (nSPS) is 18.8. The van der Waals surface area contributed by atoms with Crippen LogP contribution in [0.5, 0.6) is 0 Å². The van der Waals surface area contributed by atoms with Crippen molar-refractivity contribution in [1.82, 2.24) is 0 Å². The van der Waals surface area contributed by atoms with E-state index in [4.69, 9.17) is 3.63 Å². The quantitative estimate of drug-likeness (QED) is 0.739. The van der Waals surface area contributed by atoms with Gasteiger partial charge in [-0.15, -0.1) is 0 Å². The topological polar surface area (TPSA) is 43.4 Å². The molecule has 1 aliphatic rings. The molecule has 1 fully saturated rings. The highest BCUT2D eigenvalue weighted by molar-refractivity contribution is 8.33. The molecule has 2 aromatic carbocycles. The summed E-state index contributed by atoms with van der Waals surface area (Å²) in [4.78, 5) is -0.0715. The fourth-order valence-electron chi connectivity index (χ4n) is 2.91. The molecule has 0 bridgehead atoms. The van der Waals surface area contributed by atoms with Gasteiger partial charge in [0.05, 0.1) is 5.56 Å². The number of rotatable bonds is 4. The molecule has 8 heteroatoms. The van der Waals surface area contributed by atoms with Gasteiger partial charge >= 0.3 is 16.3 Å². The molecule has 3 rings (SSSR count). The average molecular weight is 390 g/mol. The molecule has 0 aromatic heterocycles. The van der Waals surface area contributed by atoms with Gasteiger partial charge in [-0.1, -0.05) is 40.6 Å². The molecule has 1 saturated heterocycles. The van der Waals surface area contributed by atoms with Crippen molar-refractivity contribution in [2.24, 2.45) is 0 Å². The number of halogens is 3. The van der Waals surface area contributed by atoms with Gasteiger partial charge in [0.15, 0.2) is 0 Å². The lowest BCUT2D eigenvalue weighted by Crippen LogP contribution is -2.18. The molecular formula is C17H17F3O3S2. The second-order valence-electron chi connectivity index (χ2n) is 5.76. The maximum atomic E-state index is 13.2. The minimum atomic E-state index is -4.77. The third kappa shape index (κ3) is 3.70. The molecule has 0 atom stereocenters. The van der Waals surface area contributed by atoms with Crippen LogP contribution < -0.4 is 0 Å². The Labute approximate surface area is 146 Å². The summed E-state index contributed by atoms with van der Waals surface area (Å²) in [5.74, 6) is 1.06. The van der Waals surface area contributed by atoms with E-state index >= 15 is 0 Å². The van der Waals surface area contributed by atoms with Crippen LogP contribution in [0.25, 0.3) is 0 Å². The molecule has 1 aliphatic heterocycles. The zero-order valence-corrected chi connectivity index (χ0v) is 14.8. The molecule has 3 nitrogen and oxygen atoms in total. The van der Waals surface area contributed by atoms with Crippen LogP contribution in [0.3, 0.4) is 0 Å². The summed E-state index contributed by atoms with van der Waals surface area (Å²) in [6.07, 6.45) is -3.18. The number of hydrogen-bond acceptors (Lipinski definition) is 3. The van der Waals surface area contributed by atoms with Crippen molar-refractivity contribution in [3.63, 3.8) is 0 Å². The minimum Gasteiger partial charge on any atom is -0.212 e. The Bertz CT molecular complexity index is 843. The van der Waals surface area contributed by atoms with Crippen LogP contribution in [0, 0.1) is 0 Å². The third-order valence-corrected chi connectivity index (χ3v) is 9.73. The second-order valence-corrected chi connectivity index (χ2v) is 10.6. The first-order chi connectivity index (χ1) is 11.7. The predicted molar refractivity (Wildman–Crippen MR) is 91.0 cm³/mol. The highest BCUT2D eigenvalue weighted by Gasteiger charge is 2.41. The van der Waals surface area contributed by atoms with Gasteiger partial charge in [0.1, 0.15) is 4.90 Å². The Kier molecular flexibility index (Phi) is 4.87. The molecule has 0 N–H and O–H groups in total. The second kappa shape index (κ2) is 6.66. The zero-order valence-electron chi connectivity index (χ0n) is 13.2. The summed E-state index contributed by atoms with van der Waals surface area (Å²) in [7, 11) is -6.71. The molecule has 0 aliphatic carbocycles. The molecule has 2 aromatic rings. The van der Waals surface area contributed by atoms with Crippen molar-refractivity contribution in [2.75, 3.05) is 11.5 Å². The van der Waals surface area contributed by atoms with Crippen LogP contribution in [0.4, 0.5) is 13.2 Å². The van der Waals surface area contributed by atoms with E-state index in [1.165, 1.54) is 6.07 Å². The highest BCUT2D eigenvalue weighted by atomic mass is 32.3. The molecule has 0 saturated carbocycles. The molecule has 1 heterocycles. The van der Waals surface area contributed by atoms with E-state index in [1.54, 1.807) is 30.3 Å². The first kappa shape index (κ1) is 18.3. The third-order valence-electron chi connectivity index (χ3n) is 4.05. The van der Waals surface area contributed by atoms with Crippen molar-refractivity contribution in [3.05, 3.63) is 60.2 Å². The number of benzene rings is 2. The van der Waals surface area contributed by atoms with Crippen LogP contribution >= 0.6 is 10.3 Å². The number of hydrogen-bond donors (Lipinski definition) is 0. The Morgan fingerprint density at radius 1 is 0.880 bits per heavy atom. The molecular weight excluding hydrogens is 373 g/mol. The standard InChI is InChI=1S/C17H17F3O3S2/c18-17(19,20)15-10-4-5-11-16(15)25(21,22)23-24(12-6-7-13-24)14-8-2-1-3-9-14/h1-5,8-11H,6-7,12-13H2. The first-order valence-corrected chi connectivity index (χ1v) is 11.0. The maximum absolute atomic E-state index is 13.2. The fourth-order valence-corrected chi connectivity index (χ4v) is 8.80. The lowest BCUT2D eigenvalue weighted by molar-refractivity contribution is -0.139. The highest BCUT2D eigenvalue weighted by Crippen LogP contribution is 2.63. The molecule has 0 spiro atoms. The smallest absolute Gasteiger partial charge is 0.212 e. The minimum absolute atomic E-state index is 0.532. The lowest BCUT2D eigenvalue weighted by Gasteiger charge is -2.34. The van der Waals surface area contributed by atoms with Gasteiger partial charge in [-0.05, 0) is 37.1 Å². The van der Waals surface area contributed by atoms with E-state index in [0.717, 1.165) is 35.9 Å². The summed E-state index contributed by atoms with van der Waals surface area (Å²) < 4.78 is 70.6. The van der Waals surface area contributed by atoms with Gasteiger partial charge < -0.3 is 0 Å². The lowest BCUT2D eigenvalue weighted by atomic mass is 10.2. The van der Waals surface area contributed by atoms with Gasteiger partial charge in [0, 0.05) is 16.4 Å². The van der Waals surface area contributed by atoms with Crippen molar-refractivity contribution in [3.8, 4) is 0 Å². The van der Waals surface area contributed by atoms with Crippen LogP contribution in [-0.2, 0) is 19.9 Å².